The summed E-state index contributed by atoms with van der Waals surface area (Å²) in [7, 11) is 0. The quantitative estimate of drug-likeness (QED) is 0.639. The number of carboxylic acids is 1. The summed E-state index contributed by atoms with van der Waals surface area (Å²) >= 11 is 0. The molecular formula is C11H18N2O4. The van der Waals surface area contributed by atoms with Crippen molar-refractivity contribution in [2.75, 3.05) is 26.3 Å². The van der Waals surface area contributed by atoms with Crippen molar-refractivity contribution in [3.05, 3.63) is 12.7 Å². The van der Waals surface area contributed by atoms with Crippen LogP contribution in [0.3, 0.4) is 0 Å². The van der Waals surface area contributed by atoms with Gasteiger partial charge in [0.2, 0.25) is 5.91 Å². The van der Waals surface area contributed by atoms with Crippen molar-refractivity contribution in [3.63, 3.8) is 0 Å². The highest BCUT2D eigenvalue weighted by Crippen LogP contribution is 2.20. The normalized spacial score (nSPS) is 18.4. The number of hydrogen-bond donors (Lipinski definition) is 2. The molecule has 0 spiro atoms. The third-order valence-electron chi connectivity index (χ3n) is 2.77. The van der Waals surface area contributed by atoms with Gasteiger partial charge in [0, 0.05) is 19.8 Å². The van der Waals surface area contributed by atoms with Crippen molar-refractivity contribution in [1.29, 1.82) is 0 Å². The maximum absolute atomic E-state index is 12.2. The van der Waals surface area contributed by atoms with Crippen molar-refractivity contribution < 1.29 is 19.4 Å². The van der Waals surface area contributed by atoms with Crippen LogP contribution >= 0.6 is 0 Å². The Morgan fingerprint density at radius 3 is 2.53 bits per heavy atom. The molecule has 96 valence electrons. The van der Waals surface area contributed by atoms with Gasteiger partial charge in [-0.1, -0.05) is 6.08 Å². The molecule has 0 unspecified atom stereocenters. The Morgan fingerprint density at radius 2 is 2.06 bits per heavy atom. The molecule has 0 aromatic rings. The van der Waals surface area contributed by atoms with E-state index in [0.29, 0.717) is 26.1 Å². The van der Waals surface area contributed by atoms with Gasteiger partial charge in [-0.15, -0.1) is 6.58 Å². The molecule has 0 aromatic carbocycles. The van der Waals surface area contributed by atoms with E-state index < -0.39 is 11.5 Å². The number of nitrogens with two attached hydrogens (primary N) is 1. The van der Waals surface area contributed by atoms with Crippen LogP contribution in [0.25, 0.3) is 0 Å². The fourth-order valence-corrected chi connectivity index (χ4v) is 1.80. The number of carboxylic acid groups (broad SMARTS) is 1. The zero-order chi connectivity index (χ0) is 12.9. The molecule has 0 saturated carbocycles. The van der Waals surface area contributed by atoms with E-state index in [2.05, 4.69) is 6.58 Å². The van der Waals surface area contributed by atoms with Gasteiger partial charge in [-0.3, -0.25) is 9.59 Å². The number of carbonyl (C=O) groups excluding carboxylic acids is 1. The molecule has 6 heteroatoms. The SMILES string of the molecule is C=CCN(CC(=O)O)C(=O)C1(N)CCOCC1. The second kappa shape index (κ2) is 5.79. The van der Waals surface area contributed by atoms with Crippen molar-refractivity contribution >= 4 is 11.9 Å². The molecule has 0 radical (unpaired) electrons. The number of amides is 1. The summed E-state index contributed by atoms with van der Waals surface area (Å²) in [6.07, 6.45) is 2.32. The highest BCUT2D eigenvalue weighted by atomic mass is 16.5. The van der Waals surface area contributed by atoms with E-state index in [-0.39, 0.29) is 19.0 Å². The van der Waals surface area contributed by atoms with Crippen molar-refractivity contribution in [2.45, 2.75) is 18.4 Å². The molecule has 3 N–H and O–H groups in total. The molecule has 6 nitrogen and oxygen atoms in total. The summed E-state index contributed by atoms with van der Waals surface area (Å²) < 4.78 is 5.15. The standard InChI is InChI=1S/C11H18N2O4/c1-2-5-13(8-9(14)15)10(16)11(12)3-6-17-7-4-11/h2H,1,3-8,12H2,(H,14,15). The summed E-state index contributed by atoms with van der Waals surface area (Å²) in [5.74, 6) is -1.40. The van der Waals surface area contributed by atoms with Gasteiger partial charge in [-0.25, -0.2) is 0 Å². The van der Waals surface area contributed by atoms with Crippen LogP contribution in [0.15, 0.2) is 12.7 Å². The zero-order valence-corrected chi connectivity index (χ0v) is 9.72. The number of ether oxygens (including phenoxy) is 1. The van der Waals surface area contributed by atoms with E-state index in [1.165, 1.54) is 11.0 Å². The largest absolute Gasteiger partial charge is 0.480 e. The summed E-state index contributed by atoms with van der Waals surface area (Å²) in [5, 5.41) is 8.75. The number of rotatable bonds is 5. The predicted octanol–water partition coefficient (Wildman–Crippen LogP) is -0.406. The number of nitrogens with zero attached hydrogens (tertiary/aromatic N) is 1. The second-order valence-electron chi connectivity index (χ2n) is 4.14. The Balaban J connectivity index is 2.74. The second-order valence-corrected chi connectivity index (χ2v) is 4.14. The Bertz CT molecular complexity index is 311. The number of aliphatic carboxylic acids is 1. The first-order chi connectivity index (χ1) is 7.99. The minimum absolute atomic E-state index is 0.185. The topological polar surface area (TPSA) is 92.9 Å². The van der Waals surface area contributed by atoms with E-state index in [1.54, 1.807) is 0 Å². The minimum Gasteiger partial charge on any atom is -0.480 e. The zero-order valence-electron chi connectivity index (χ0n) is 9.72. The number of carbonyl (C=O) groups is 2. The van der Waals surface area contributed by atoms with Crippen molar-refractivity contribution in [2.24, 2.45) is 5.73 Å². The Labute approximate surface area is 100 Å². The van der Waals surface area contributed by atoms with Gasteiger partial charge in [-0.05, 0) is 12.8 Å². The monoisotopic (exact) mass is 242 g/mol. The molecule has 0 aliphatic carbocycles. The molecule has 1 aliphatic heterocycles. The summed E-state index contributed by atoms with van der Waals surface area (Å²) in [5.41, 5.74) is 5.01. The molecule has 0 aromatic heterocycles. The lowest BCUT2D eigenvalue weighted by molar-refractivity contribution is -0.148. The van der Waals surface area contributed by atoms with Gasteiger partial charge in [0.25, 0.3) is 0 Å². The molecule has 0 atom stereocenters. The van der Waals surface area contributed by atoms with E-state index in [4.69, 9.17) is 15.6 Å². The van der Waals surface area contributed by atoms with Gasteiger partial charge in [0.05, 0.1) is 5.54 Å². The van der Waals surface area contributed by atoms with Crippen LogP contribution < -0.4 is 5.73 Å². The maximum Gasteiger partial charge on any atom is 0.323 e. The summed E-state index contributed by atoms with van der Waals surface area (Å²) in [6, 6.07) is 0. The van der Waals surface area contributed by atoms with Crippen LogP contribution in [-0.2, 0) is 14.3 Å². The molecular weight excluding hydrogens is 224 g/mol. The molecule has 1 aliphatic rings. The molecule has 1 amide bonds. The summed E-state index contributed by atoms with van der Waals surface area (Å²) in [6.45, 7) is 4.19. The average molecular weight is 242 g/mol. The average Bonchev–Trinajstić information content (AvgIpc) is 2.28. The lowest BCUT2D eigenvalue weighted by Crippen LogP contribution is -2.58. The molecule has 0 bridgehead atoms. The minimum atomic E-state index is -1.06. The van der Waals surface area contributed by atoms with Crippen molar-refractivity contribution in [1.82, 2.24) is 4.90 Å². The van der Waals surface area contributed by atoms with Crippen LogP contribution in [-0.4, -0.2) is 53.7 Å². The van der Waals surface area contributed by atoms with Crippen LogP contribution in [0.1, 0.15) is 12.8 Å². The van der Waals surface area contributed by atoms with Crippen LogP contribution in [0, 0.1) is 0 Å². The summed E-state index contributed by atoms with van der Waals surface area (Å²) in [4.78, 5) is 24.1. The van der Waals surface area contributed by atoms with E-state index in [0.717, 1.165) is 0 Å². The van der Waals surface area contributed by atoms with E-state index >= 15 is 0 Å². The van der Waals surface area contributed by atoms with Crippen molar-refractivity contribution in [3.8, 4) is 0 Å². The third kappa shape index (κ3) is 3.54. The smallest absolute Gasteiger partial charge is 0.323 e. The molecule has 17 heavy (non-hydrogen) atoms. The maximum atomic E-state index is 12.2. The van der Waals surface area contributed by atoms with Gasteiger partial charge in [-0.2, -0.15) is 0 Å². The Kier molecular flexibility index (Phi) is 4.65. The molecule has 1 heterocycles. The molecule has 1 saturated heterocycles. The van der Waals surface area contributed by atoms with Gasteiger partial charge in [0.1, 0.15) is 6.54 Å². The Morgan fingerprint density at radius 1 is 1.47 bits per heavy atom. The van der Waals surface area contributed by atoms with Gasteiger partial charge < -0.3 is 20.5 Å². The highest BCUT2D eigenvalue weighted by Gasteiger charge is 2.39. The first kappa shape index (κ1) is 13.7. The van der Waals surface area contributed by atoms with E-state index in [9.17, 15) is 9.59 Å². The van der Waals surface area contributed by atoms with Crippen LogP contribution in [0.2, 0.25) is 0 Å². The predicted molar refractivity (Wildman–Crippen MR) is 61.4 cm³/mol. The number of hydrogen-bond acceptors (Lipinski definition) is 4. The van der Waals surface area contributed by atoms with Crippen LogP contribution in [0.5, 0.6) is 0 Å². The van der Waals surface area contributed by atoms with Crippen LogP contribution in [0.4, 0.5) is 0 Å². The third-order valence-corrected chi connectivity index (χ3v) is 2.77. The van der Waals surface area contributed by atoms with Gasteiger partial charge >= 0.3 is 5.97 Å². The van der Waals surface area contributed by atoms with Gasteiger partial charge in [0.15, 0.2) is 0 Å². The van der Waals surface area contributed by atoms with E-state index in [1.807, 2.05) is 0 Å². The lowest BCUT2D eigenvalue weighted by Gasteiger charge is -2.35. The first-order valence-corrected chi connectivity index (χ1v) is 5.48. The molecule has 1 rings (SSSR count). The first-order valence-electron chi connectivity index (χ1n) is 5.48. The molecule has 1 fully saturated rings. The Hall–Kier alpha value is -1.40. The lowest BCUT2D eigenvalue weighted by atomic mass is 9.89. The fourth-order valence-electron chi connectivity index (χ4n) is 1.80. The fraction of sp³-hybridized carbons (Fsp3) is 0.636. The highest BCUT2D eigenvalue weighted by molar-refractivity contribution is 5.89.